The van der Waals surface area contributed by atoms with Crippen LogP contribution in [0, 0.1) is 12.8 Å². The van der Waals surface area contributed by atoms with Gasteiger partial charge in [0.05, 0.1) is 0 Å². The molecule has 1 saturated heterocycles. The van der Waals surface area contributed by atoms with E-state index >= 15 is 0 Å². The van der Waals surface area contributed by atoms with Crippen molar-refractivity contribution in [3.63, 3.8) is 0 Å². The molecule has 1 aliphatic rings. The van der Waals surface area contributed by atoms with Crippen LogP contribution in [0.5, 0.6) is 0 Å². The second-order valence-electron chi connectivity index (χ2n) is 8.20. The molecule has 2 heterocycles. The van der Waals surface area contributed by atoms with Gasteiger partial charge in [-0.3, -0.25) is 9.59 Å². The number of amides is 1. The summed E-state index contributed by atoms with van der Waals surface area (Å²) < 4.78 is 1.81. The minimum atomic E-state index is -0.216. The van der Waals surface area contributed by atoms with Gasteiger partial charge in [-0.25, -0.2) is 0 Å². The average Bonchev–Trinajstić information content (AvgIpc) is 2.72. The minimum absolute atomic E-state index is 0.00907. The summed E-state index contributed by atoms with van der Waals surface area (Å²) >= 11 is 6.00. The van der Waals surface area contributed by atoms with E-state index in [-0.39, 0.29) is 11.5 Å². The molecule has 0 atom stereocenters. The maximum Gasteiger partial charge on any atom is 0.258 e. The van der Waals surface area contributed by atoms with Crippen molar-refractivity contribution in [2.24, 2.45) is 5.92 Å². The van der Waals surface area contributed by atoms with Gasteiger partial charge in [-0.1, -0.05) is 17.7 Å². The number of hydrogen-bond donors (Lipinski definition) is 1. The van der Waals surface area contributed by atoms with Gasteiger partial charge in [-0.15, -0.1) is 0 Å². The third kappa shape index (κ3) is 4.27. The highest BCUT2D eigenvalue weighted by atomic mass is 35.5. The summed E-state index contributed by atoms with van der Waals surface area (Å²) in [6.07, 6.45) is 4.07. The number of benzene rings is 2. The van der Waals surface area contributed by atoms with Gasteiger partial charge >= 0.3 is 0 Å². The molecule has 6 heteroatoms. The van der Waals surface area contributed by atoms with Crippen LogP contribution < -0.4 is 10.9 Å². The molecule has 0 unspecified atom stereocenters. The number of aryl methyl sites for hydroxylation is 1. The van der Waals surface area contributed by atoms with E-state index in [9.17, 15) is 9.59 Å². The summed E-state index contributed by atoms with van der Waals surface area (Å²) in [6.45, 7) is 4.75. The number of carbonyl (C=O) groups excluding carboxylic acids is 1. The van der Waals surface area contributed by atoms with E-state index in [2.05, 4.69) is 17.3 Å². The van der Waals surface area contributed by atoms with E-state index in [1.807, 2.05) is 42.0 Å². The summed E-state index contributed by atoms with van der Waals surface area (Å²) in [5.41, 5.74) is 1.99. The van der Waals surface area contributed by atoms with E-state index in [1.165, 1.54) is 0 Å². The first-order valence-electron chi connectivity index (χ1n) is 10.3. The number of fused-ring (bicyclic) bond motifs is 1. The molecule has 5 nitrogen and oxygen atoms in total. The molecule has 1 fully saturated rings. The summed E-state index contributed by atoms with van der Waals surface area (Å²) in [7, 11) is 2.14. The Morgan fingerprint density at radius 2 is 1.90 bits per heavy atom. The zero-order valence-electron chi connectivity index (χ0n) is 17.3. The van der Waals surface area contributed by atoms with E-state index in [0.717, 1.165) is 43.4 Å². The highest BCUT2D eigenvalue weighted by molar-refractivity contribution is 6.30. The van der Waals surface area contributed by atoms with Gasteiger partial charge in [0.1, 0.15) is 0 Å². The van der Waals surface area contributed by atoms with Crippen LogP contribution in [0.2, 0.25) is 5.02 Å². The number of nitrogens with one attached hydrogen (secondary N) is 1. The molecule has 30 heavy (non-hydrogen) atoms. The van der Waals surface area contributed by atoms with Crippen LogP contribution in [0.15, 0.2) is 53.5 Å². The second-order valence-corrected chi connectivity index (χ2v) is 8.64. The quantitative estimate of drug-likeness (QED) is 0.669. The number of hydrogen-bond acceptors (Lipinski definition) is 3. The maximum atomic E-state index is 13.1. The monoisotopic (exact) mass is 423 g/mol. The SMILES string of the molecule is Cc1cc(Cl)ccc1C(=O)Nc1cccc2c(=O)n(CC3CCN(C)CC3)ccc12. The molecular formula is C24H26ClN3O2. The Kier molecular flexibility index (Phi) is 5.93. The molecule has 3 aromatic rings. The fourth-order valence-electron chi connectivity index (χ4n) is 4.17. The van der Waals surface area contributed by atoms with Crippen LogP contribution in [0.4, 0.5) is 5.69 Å². The highest BCUT2D eigenvalue weighted by Gasteiger charge is 2.18. The summed E-state index contributed by atoms with van der Waals surface area (Å²) in [5, 5.41) is 4.93. The van der Waals surface area contributed by atoms with Gasteiger partial charge in [0, 0.05) is 39.8 Å². The van der Waals surface area contributed by atoms with Crippen LogP contribution in [0.25, 0.3) is 10.8 Å². The minimum Gasteiger partial charge on any atom is -0.321 e. The standard InChI is InChI=1S/C24H26ClN3O2/c1-16-14-18(25)6-7-19(16)23(29)26-22-5-3-4-21-20(22)10-13-28(24(21)30)15-17-8-11-27(2)12-9-17/h3-7,10,13-14,17H,8-9,11-12,15H2,1-2H3,(H,26,29). The Bertz CT molecular complexity index is 1150. The molecular weight excluding hydrogens is 398 g/mol. The van der Waals surface area contributed by atoms with Gasteiger partial charge in [-0.2, -0.15) is 0 Å². The molecule has 4 rings (SSSR count). The zero-order chi connectivity index (χ0) is 21.3. The largest absolute Gasteiger partial charge is 0.321 e. The van der Waals surface area contributed by atoms with Gasteiger partial charge in [0.2, 0.25) is 0 Å². The lowest BCUT2D eigenvalue weighted by Crippen LogP contribution is -2.33. The molecule has 1 aliphatic heterocycles. The van der Waals surface area contributed by atoms with Crippen LogP contribution in [0.3, 0.4) is 0 Å². The number of nitrogens with zero attached hydrogens (tertiary/aromatic N) is 2. The fraction of sp³-hybridized carbons (Fsp3) is 0.333. The number of pyridine rings is 1. The van der Waals surface area contributed by atoms with E-state index in [1.54, 1.807) is 18.2 Å². The topological polar surface area (TPSA) is 54.3 Å². The number of anilines is 1. The average molecular weight is 424 g/mol. The highest BCUT2D eigenvalue weighted by Crippen LogP contribution is 2.24. The van der Waals surface area contributed by atoms with Gasteiger partial charge in [0.25, 0.3) is 11.5 Å². The predicted octanol–water partition coefficient (Wildman–Crippen LogP) is 4.56. The zero-order valence-corrected chi connectivity index (χ0v) is 18.1. The first-order chi connectivity index (χ1) is 14.4. The van der Waals surface area contributed by atoms with Crippen molar-refractivity contribution in [3.8, 4) is 0 Å². The van der Waals surface area contributed by atoms with Crippen molar-refractivity contribution in [2.75, 3.05) is 25.5 Å². The van der Waals surface area contributed by atoms with Crippen molar-refractivity contribution in [1.82, 2.24) is 9.47 Å². The Hall–Kier alpha value is -2.63. The van der Waals surface area contributed by atoms with Gasteiger partial charge in [-0.05, 0) is 87.8 Å². The summed E-state index contributed by atoms with van der Waals surface area (Å²) in [6, 6.07) is 12.6. The molecule has 0 radical (unpaired) electrons. The van der Waals surface area contributed by atoms with Crippen LogP contribution in [0.1, 0.15) is 28.8 Å². The Morgan fingerprint density at radius 1 is 1.13 bits per heavy atom. The molecule has 0 spiro atoms. The molecule has 1 N–H and O–H groups in total. The first-order valence-corrected chi connectivity index (χ1v) is 10.7. The lowest BCUT2D eigenvalue weighted by Gasteiger charge is -2.29. The van der Waals surface area contributed by atoms with Gasteiger partial charge in [0.15, 0.2) is 0 Å². The van der Waals surface area contributed by atoms with Crippen molar-refractivity contribution >= 4 is 34.0 Å². The lowest BCUT2D eigenvalue weighted by molar-refractivity contribution is 0.102. The Balaban J connectivity index is 1.60. The normalized spacial score (nSPS) is 15.4. The molecule has 0 bridgehead atoms. The number of likely N-dealkylation sites (tertiary alicyclic amines) is 1. The molecule has 0 aliphatic carbocycles. The second kappa shape index (κ2) is 8.62. The number of aromatic nitrogens is 1. The number of rotatable bonds is 4. The van der Waals surface area contributed by atoms with Crippen molar-refractivity contribution in [1.29, 1.82) is 0 Å². The van der Waals surface area contributed by atoms with Crippen LogP contribution >= 0.6 is 11.6 Å². The smallest absolute Gasteiger partial charge is 0.258 e. The maximum absolute atomic E-state index is 13.1. The molecule has 1 aromatic heterocycles. The Labute approximate surface area is 181 Å². The Morgan fingerprint density at radius 3 is 2.63 bits per heavy atom. The lowest BCUT2D eigenvalue weighted by atomic mass is 9.97. The van der Waals surface area contributed by atoms with E-state index in [4.69, 9.17) is 11.6 Å². The first kappa shape index (κ1) is 20.6. The number of piperidine rings is 1. The van der Waals surface area contributed by atoms with Crippen molar-refractivity contribution in [2.45, 2.75) is 26.3 Å². The van der Waals surface area contributed by atoms with Crippen molar-refractivity contribution in [3.05, 3.63) is 75.2 Å². The van der Waals surface area contributed by atoms with Gasteiger partial charge < -0.3 is 14.8 Å². The molecule has 1 amide bonds. The van der Waals surface area contributed by atoms with E-state index < -0.39 is 0 Å². The third-order valence-corrected chi connectivity index (χ3v) is 6.23. The van der Waals surface area contributed by atoms with E-state index in [0.29, 0.717) is 27.6 Å². The summed E-state index contributed by atoms with van der Waals surface area (Å²) in [5.74, 6) is 0.305. The summed E-state index contributed by atoms with van der Waals surface area (Å²) in [4.78, 5) is 28.2. The fourth-order valence-corrected chi connectivity index (χ4v) is 4.39. The third-order valence-electron chi connectivity index (χ3n) is 5.99. The van der Waals surface area contributed by atoms with Crippen LogP contribution in [-0.4, -0.2) is 35.5 Å². The van der Waals surface area contributed by atoms with Crippen LogP contribution in [-0.2, 0) is 6.54 Å². The molecule has 0 saturated carbocycles. The van der Waals surface area contributed by atoms with Crippen molar-refractivity contribution < 1.29 is 4.79 Å². The molecule has 2 aromatic carbocycles. The predicted molar refractivity (Wildman–Crippen MR) is 123 cm³/mol. The number of halogens is 1. The molecule has 156 valence electrons. The number of carbonyl (C=O) groups is 1.